The second-order valence-electron chi connectivity index (χ2n) is 1.79. The van der Waals surface area contributed by atoms with Crippen molar-refractivity contribution in [2.75, 3.05) is 26.5 Å². The minimum absolute atomic E-state index is 0.0544. The quantitative estimate of drug-likeness (QED) is 0.537. The molecule has 0 aromatic heterocycles. The van der Waals surface area contributed by atoms with Gasteiger partial charge in [0.1, 0.15) is 0 Å². The van der Waals surface area contributed by atoms with E-state index >= 15 is 0 Å². The summed E-state index contributed by atoms with van der Waals surface area (Å²) in [6, 6.07) is 0. The van der Waals surface area contributed by atoms with Gasteiger partial charge < -0.3 is 0 Å². The molecule has 0 aliphatic rings. The molecule has 0 atom stereocenters. The molecule has 0 N–H and O–H groups in total. The minimum atomic E-state index is -3.13. The molecular weight excluding hydrogens is 142 g/mol. The Morgan fingerprint density at radius 2 is 1.89 bits per heavy atom. The van der Waals surface area contributed by atoms with Gasteiger partial charge in [-0.25, -0.2) is 17.8 Å². The van der Waals surface area contributed by atoms with Crippen molar-refractivity contribution in [2.45, 2.75) is 0 Å². The van der Waals surface area contributed by atoms with E-state index in [1.807, 2.05) is 0 Å². The van der Waals surface area contributed by atoms with E-state index in [4.69, 9.17) is 0 Å². The highest BCUT2D eigenvalue weighted by Gasteiger charge is 2.08. The molecule has 4 nitrogen and oxygen atoms in total. The number of nitrogens with zero attached hydrogens (tertiary/aromatic N) is 1. The molecule has 0 aromatic carbocycles. The van der Waals surface area contributed by atoms with Crippen molar-refractivity contribution in [2.24, 2.45) is 0 Å². The fourth-order valence-electron chi connectivity index (χ4n) is 0.294. The zero-order valence-corrected chi connectivity index (χ0v) is 6.31. The Hall–Kier alpha value is -0.130. The molecule has 0 spiro atoms. The lowest BCUT2D eigenvalue weighted by molar-refractivity contribution is 0.179. The van der Waals surface area contributed by atoms with Crippen LogP contribution in [-0.2, 0) is 15.1 Å². The van der Waals surface area contributed by atoms with Gasteiger partial charge in [-0.05, 0) is 0 Å². The highest BCUT2D eigenvalue weighted by Crippen LogP contribution is 1.89. The summed E-state index contributed by atoms with van der Waals surface area (Å²) in [6.07, 6.45) is 1.07. The molecule has 0 fully saturated rings. The molecule has 0 rings (SSSR count). The fourth-order valence-corrected chi connectivity index (χ4v) is 0.701. The van der Waals surface area contributed by atoms with Crippen LogP contribution in [0.15, 0.2) is 0 Å². The summed E-state index contributed by atoms with van der Waals surface area (Å²) in [5.74, 6) is 0. The normalized spacial score (nSPS) is 12.4. The Morgan fingerprint density at radius 1 is 1.44 bits per heavy atom. The molecule has 1 radical (unpaired) electrons. The smallest absolute Gasteiger partial charge is 0.211 e. The molecule has 0 saturated carbocycles. The van der Waals surface area contributed by atoms with Gasteiger partial charge in [0.15, 0.2) is 0 Å². The summed E-state index contributed by atoms with van der Waals surface area (Å²) in [5.41, 5.74) is 0. The second kappa shape index (κ2) is 3.14. The van der Waals surface area contributed by atoms with Gasteiger partial charge in [0.2, 0.25) is 10.0 Å². The lowest BCUT2D eigenvalue weighted by Gasteiger charge is -2.09. The molecule has 0 aliphatic carbocycles. The van der Waals surface area contributed by atoms with Gasteiger partial charge in [0.05, 0.1) is 12.9 Å². The molecule has 0 saturated heterocycles. The van der Waals surface area contributed by atoms with E-state index in [0.717, 1.165) is 10.6 Å². The first-order chi connectivity index (χ1) is 3.98. The summed E-state index contributed by atoms with van der Waals surface area (Å²) in [6.45, 7) is -0.331. The molecule has 55 valence electrons. The number of rotatable bonds is 3. The first-order valence-corrected chi connectivity index (χ1v) is 4.32. The van der Waals surface area contributed by atoms with Crippen LogP contribution in [0.3, 0.4) is 0 Å². The molecule has 0 heterocycles. The predicted molar refractivity (Wildman–Crippen MR) is 33.0 cm³/mol. The van der Waals surface area contributed by atoms with E-state index in [2.05, 4.69) is 0 Å². The van der Waals surface area contributed by atoms with Crippen LogP contribution in [0.4, 0.5) is 0 Å². The van der Waals surface area contributed by atoms with Gasteiger partial charge in [-0.1, -0.05) is 0 Å². The Bertz CT molecular complexity index is 163. The van der Waals surface area contributed by atoms with E-state index in [0.29, 0.717) is 0 Å². The summed E-state index contributed by atoms with van der Waals surface area (Å²) in [7, 11) is -1.75. The Labute approximate surface area is 55.1 Å². The molecular formula is C4H10NO3S. The first-order valence-electron chi connectivity index (χ1n) is 2.48. The van der Waals surface area contributed by atoms with Crippen molar-refractivity contribution < 1.29 is 13.5 Å². The van der Waals surface area contributed by atoms with Gasteiger partial charge >= 0.3 is 0 Å². The molecule has 0 aliphatic heterocycles. The Morgan fingerprint density at radius 3 is 2.00 bits per heavy atom. The topological polar surface area (TPSA) is 57.3 Å². The van der Waals surface area contributed by atoms with E-state index in [1.54, 1.807) is 0 Å². The average Bonchev–Trinajstić information content (AvgIpc) is 1.64. The zero-order valence-electron chi connectivity index (χ0n) is 5.49. The van der Waals surface area contributed by atoms with E-state index in [9.17, 15) is 13.5 Å². The molecule has 0 amide bonds. The number of sulfonamides is 1. The predicted octanol–water partition coefficient (Wildman–Crippen LogP) is -0.692. The van der Waals surface area contributed by atoms with Crippen LogP contribution >= 0.6 is 0 Å². The summed E-state index contributed by atoms with van der Waals surface area (Å²) in [4.78, 5) is 0. The third-order valence-corrected chi connectivity index (χ3v) is 2.29. The van der Waals surface area contributed by atoms with Gasteiger partial charge in [-0.15, -0.1) is 0 Å². The SMILES string of the molecule is CN(CC[O])S(C)(=O)=O. The molecule has 0 aromatic rings. The molecule has 9 heavy (non-hydrogen) atoms. The molecule has 5 heteroatoms. The second-order valence-corrected chi connectivity index (χ2v) is 3.88. The number of hydrogen-bond acceptors (Lipinski definition) is 2. The van der Waals surface area contributed by atoms with Crippen molar-refractivity contribution >= 4 is 10.0 Å². The summed E-state index contributed by atoms with van der Waals surface area (Å²) < 4.78 is 22.0. The maximum absolute atomic E-state index is 10.5. The van der Waals surface area contributed by atoms with Crippen LogP contribution in [0.25, 0.3) is 0 Å². The highest BCUT2D eigenvalue weighted by atomic mass is 32.2. The third kappa shape index (κ3) is 3.45. The van der Waals surface area contributed by atoms with Crippen molar-refractivity contribution in [1.82, 2.24) is 4.31 Å². The monoisotopic (exact) mass is 152 g/mol. The van der Waals surface area contributed by atoms with Crippen LogP contribution in [0.5, 0.6) is 0 Å². The van der Waals surface area contributed by atoms with E-state index in [1.165, 1.54) is 7.05 Å². The largest absolute Gasteiger partial charge is 0.235 e. The van der Waals surface area contributed by atoms with Crippen LogP contribution < -0.4 is 0 Å². The van der Waals surface area contributed by atoms with Crippen molar-refractivity contribution in [1.29, 1.82) is 0 Å². The average molecular weight is 152 g/mol. The summed E-state index contributed by atoms with van der Waals surface area (Å²) >= 11 is 0. The van der Waals surface area contributed by atoms with Gasteiger partial charge in [-0.3, -0.25) is 0 Å². The van der Waals surface area contributed by atoms with Crippen LogP contribution in [0.2, 0.25) is 0 Å². The van der Waals surface area contributed by atoms with E-state index in [-0.39, 0.29) is 13.2 Å². The number of hydrogen-bond donors (Lipinski definition) is 0. The van der Waals surface area contributed by atoms with E-state index < -0.39 is 10.0 Å². The highest BCUT2D eigenvalue weighted by molar-refractivity contribution is 7.88. The molecule has 0 bridgehead atoms. The van der Waals surface area contributed by atoms with Gasteiger partial charge in [0.25, 0.3) is 0 Å². The van der Waals surface area contributed by atoms with Crippen LogP contribution in [0, 0.1) is 0 Å². The lowest BCUT2D eigenvalue weighted by atomic mass is 10.7. The maximum Gasteiger partial charge on any atom is 0.211 e. The zero-order chi connectivity index (χ0) is 7.49. The van der Waals surface area contributed by atoms with Gasteiger partial charge in [0, 0.05) is 13.6 Å². The van der Waals surface area contributed by atoms with Crippen molar-refractivity contribution in [3.8, 4) is 0 Å². The first kappa shape index (κ1) is 8.87. The molecule has 0 unspecified atom stereocenters. The van der Waals surface area contributed by atoms with Crippen LogP contribution in [-0.4, -0.2) is 39.2 Å². The third-order valence-electron chi connectivity index (χ3n) is 0.972. The summed E-state index contributed by atoms with van der Waals surface area (Å²) in [5, 5.41) is 9.88. The fraction of sp³-hybridized carbons (Fsp3) is 1.00. The van der Waals surface area contributed by atoms with Crippen molar-refractivity contribution in [3.05, 3.63) is 0 Å². The Kier molecular flexibility index (Phi) is 3.10. The van der Waals surface area contributed by atoms with Crippen molar-refractivity contribution in [3.63, 3.8) is 0 Å². The van der Waals surface area contributed by atoms with Crippen LogP contribution in [0.1, 0.15) is 0 Å². The maximum atomic E-state index is 10.5. The lowest BCUT2D eigenvalue weighted by Crippen LogP contribution is -2.27. The van der Waals surface area contributed by atoms with Gasteiger partial charge in [-0.2, -0.15) is 0 Å². The standard InChI is InChI=1S/C4H10NO3S/c1-5(3-4-6)9(2,7)8/h3-4H2,1-2H3. The number of likely N-dealkylation sites (N-methyl/N-ethyl adjacent to an activating group) is 1. The Balaban J connectivity index is 3.90. The minimum Gasteiger partial charge on any atom is -0.235 e.